The molecule has 1 N–H and O–H groups in total. The van der Waals surface area contributed by atoms with Gasteiger partial charge in [-0.2, -0.15) is 0 Å². The second-order valence-electron chi connectivity index (χ2n) is 5.31. The molecule has 1 amide bonds. The largest absolute Gasteiger partial charge is 0.493 e. The number of ether oxygens (including phenoxy) is 3. The molecule has 0 fully saturated rings. The van der Waals surface area contributed by atoms with Crippen LogP contribution in [0.2, 0.25) is 0 Å². The molecule has 1 unspecified atom stereocenters. The molecule has 2 aromatic carbocycles. The summed E-state index contributed by atoms with van der Waals surface area (Å²) in [5, 5.41) is 2.75. The van der Waals surface area contributed by atoms with E-state index in [0.717, 1.165) is 11.1 Å². The third-order valence-electron chi connectivity index (χ3n) is 4.20. The Morgan fingerprint density at radius 1 is 1.09 bits per heavy atom. The summed E-state index contributed by atoms with van der Waals surface area (Å²) in [6.45, 7) is 1.99. The number of rotatable bonds is 4. The number of fused-ring (bicyclic) bond motifs is 1. The van der Waals surface area contributed by atoms with E-state index in [1.54, 1.807) is 20.3 Å². The number of hydrogen-bond acceptors (Lipinski definition) is 4. The highest BCUT2D eigenvalue weighted by atomic mass is 16.6. The molecule has 0 saturated carbocycles. The summed E-state index contributed by atoms with van der Waals surface area (Å²) in [6, 6.07) is 13.4. The number of carbonyl (C=O) groups is 1. The van der Waals surface area contributed by atoms with Gasteiger partial charge in [0.25, 0.3) is 0 Å². The Hall–Kier alpha value is -2.69. The highest BCUT2D eigenvalue weighted by molar-refractivity contribution is 5.90. The van der Waals surface area contributed by atoms with Gasteiger partial charge in [0, 0.05) is 17.2 Å². The number of hydrogen-bond donors (Lipinski definition) is 1. The topological polar surface area (TPSA) is 56.8 Å². The van der Waals surface area contributed by atoms with Gasteiger partial charge in [0.2, 0.25) is 0 Å². The van der Waals surface area contributed by atoms with E-state index in [1.807, 2.05) is 43.3 Å². The number of nitrogens with one attached hydrogen (secondary N) is 1. The Morgan fingerprint density at radius 3 is 2.35 bits per heavy atom. The summed E-state index contributed by atoms with van der Waals surface area (Å²) in [7, 11) is 3.15. The maximum absolute atomic E-state index is 12.1. The van der Waals surface area contributed by atoms with Gasteiger partial charge in [0.05, 0.1) is 19.9 Å². The van der Waals surface area contributed by atoms with Crippen molar-refractivity contribution in [3.63, 3.8) is 0 Å². The first-order chi connectivity index (χ1) is 11.1. The standard InChI is InChI=1S/C18H19NO4/c1-4-18(12-8-6-5-7-9-12)13-10-15(21-2)16(22-3)11-14(13)19-17(20)23-18/h5-11H,4H2,1-3H3,(H,19,20). The molecule has 1 atom stereocenters. The average molecular weight is 313 g/mol. The van der Waals surface area contributed by atoms with Crippen LogP contribution in [0.3, 0.4) is 0 Å². The van der Waals surface area contributed by atoms with Gasteiger partial charge >= 0.3 is 6.09 Å². The predicted molar refractivity (Wildman–Crippen MR) is 87.2 cm³/mol. The monoisotopic (exact) mass is 313 g/mol. The Kier molecular flexibility index (Phi) is 3.86. The molecule has 0 aliphatic carbocycles. The zero-order chi connectivity index (χ0) is 16.4. The van der Waals surface area contributed by atoms with E-state index in [9.17, 15) is 4.79 Å². The lowest BCUT2D eigenvalue weighted by Crippen LogP contribution is -2.40. The minimum Gasteiger partial charge on any atom is -0.493 e. The molecule has 5 nitrogen and oxygen atoms in total. The number of methoxy groups -OCH3 is 2. The molecule has 1 aliphatic rings. The first kappa shape index (κ1) is 15.2. The van der Waals surface area contributed by atoms with Crippen molar-refractivity contribution in [2.75, 3.05) is 19.5 Å². The summed E-state index contributed by atoms with van der Waals surface area (Å²) in [6.07, 6.45) is 0.128. The number of carbonyl (C=O) groups excluding carboxylic acids is 1. The van der Waals surface area contributed by atoms with E-state index in [-0.39, 0.29) is 0 Å². The second-order valence-corrected chi connectivity index (χ2v) is 5.31. The van der Waals surface area contributed by atoms with Gasteiger partial charge in [-0.05, 0) is 12.5 Å². The van der Waals surface area contributed by atoms with Crippen LogP contribution in [0.15, 0.2) is 42.5 Å². The van der Waals surface area contributed by atoms with Crippen LogP contribution >= 0.6 is 0 Å². The quantitative estimate of drug-likeness (QED) is 0.929. The lowest BCUT2D eigenvalue weighted by Gasteiger charge is -2.38. The molecule has 0 aromatic heterocycles. The van der Waals surface area contributed by atoms with Gasteiger partial charge in [-0.15, -0.1) is 0 Å². The second kappa shape index (κ2) is 5.83. The first-order valence-corrected chi connectivity index (χ1v) is 7.46. The molecule has 1 aliphatic heterocycles. The molecular formula is C18H19NO4. The minimum absolute atomic E-state index is 0.476. The highest BCUT2D eigenvalue weighted by Crippen LogP contribution is 2.47. The van der Waals surface area contributed by atoms with Gasteiger partial charge < -0.3 is 14.2 Å². The van der Waals surface area contributed by atoms with Crippen molar-refractivity contribution in [3.8, 4) is 11.5 Å². The summed E-state index contributed by atoms with van der Waals surface area (Å²) < 4.78 is 16.5. The number of cyclic esters (lactones) is 1. The fourth-order valence-corrected chi connectivity index (χ4v) is 3.05. The molecule has 0 saturated heterocycles. The van der Waals surface area contributed by atoms with Crippen molar-refractivity contribution >= 4 is 11.8 Å². The third kappa shape index (κ3) is 2.38. The lowest BCUT2D eigenvalue weighted by molar-refractivity contribution is 0.0408. The fourth-order valence-electron chi connectivity index (χ4n) is 3.05. The molecule has 1 heterocycles. The van der Waals surface area contributed by atoms with Crippen molar-refractivity contribution in [2.24, 2.45) is 0 Å². The van der Waals surface area contributed by atoms with Crippen molar-refractivity contribution in [3.05, 3.63) is 53.6 Å². The van der Waals surface area contributed by atoms with Crippen LogP contribution in [-0.2, 0) is 10.3 Å². The maximum Gasteiger partial charge on any atom is 0.412 e. The van der Waals surface area contributed by atoms with Crippen LogP contribution < -0.4 is 14.8 Å². The van der Waals surface area contributed by atoms with Crippen molar-refractivity contribution in [1.29, 1.82) is 0 Å². The predicted octanol–water partition coefficient (Wildman–Crippen LogP) is 3.92. The summed E-state index contributed by atoms with van der Waals surface area (Å²) >= 11 is 0. The lowest BCUT2D eigenvalue weighted by atomic mass is 9.82. The van der Waals surface area contributed by atoms with E-state index in [1.165, 1.54) is 0 Å². The first-order valence-electron chi connectivity index (χ1n) is 7.46. The Morgan fingerprint density at radius 2 is 1.74 bits per heavy atom. The van der Waals surface area contributed by atoms with Crippen LogP contribution in [0.1, 0.15) is 24.5 Å². The smallest absolute Gasteiger partial charge is 0.412 e. The van der Waals surface area contributed by atoms with Crippen molar-refractivity contribution < 1.29 is 19.0 Å². The normalized spacial score (nSPS) is 19.3. The van der Waals surface area contributed by atoms with Gasteiger partial charge in [0.1, 0.15) is 0 Å². The fraction of sp³-hybridized carbons (Fsp3) is 0.278. The van der Waals surface area contributed by atoms with Gasteiger partial charge in [-0.3, -0.25) is 5.32 Å². The van der Waals surface area contributed by atoms with Crippen LogP contribution in [0.4, 0.5) is 10.5 Å². The molecule has 5 heteroatoms. The van der Waals surface area contributed by atoms with Crippen molar-refractivity contribution in [2.45, 2.75) is 18.9 Å². The van der Waals surface area contributed by atoms with Gasteiger partial charge in [-0.1, -0.05) is 37.3 Å². The maximum atomic E-state index is 12.1. The number of anilines is 1. The Labute approximate surface area is 135 Å². The summed E-state index contributed by atoms with van der Waals surface area (Å²) in [5.41, 5.74) is 1.59. The molecule has 23 heavy (non-hydrogen) atoms. The van der Waals surface area contributed by atoms with Crippen molar-refractivity contribution in [1.82, 2.24) is 0 Å². The van der Waals surface area contributed by atoms with Gasteiger partial charge in [-0.25, -0.2) is 4.79 Å². The zero-order valence-corrected chi connectivity index (χ0v) is 13.4. The SMILES string of the molecule is CCC1(c2ccccc2)OC(=O)Nc2cc(OC)c(OC)cc21. The van der Waals surface area contributed by atoms with Crippen LogP contribution in [0.25, 0.3) is 0 Å². The molecule has 0 radical (unpaired) electrons. The van der Waals surface area contributed by atoms with Crippen LogP contribution in [0.5, 0.6) is 11.5 Å². The molecular weight excluding hydrogens is 294 g/mol. The number of benzene rings is 2. The summed E-state index contributed by atoms with van der Waals surface area (Å²) in [4.78, 5) is 12.1. The van der Waals surface area contributed by atoms with E-state index in [0.29, 0.717) is 23.6 Å². The van der Waals surface area contributed by atoms with E-state index in [2.05, 4.69) is 5.32 Å². The average Bonchev–Trinajstić information content (AvgIpc) is 2.60. The van der Waals surface area contributed by atoms with E-state index < -0.39 is 11.7 Å². The van der Waals surface area contributed by atoms with Crippen LogP contribution in [0, 0.1) is 0 Å². The third-order valence-corrected chi connectivity index (χ3v) is 4.20. The molecule has 2 aromatic rings. The molecule has 0 spiro atoms. The Bertz CT molecular complexity index is 729. The molecule has 120 valence electrons. The molecule has 0 bridgehead atoms. The Balaban J connectivity index is 2.27. The zero-order valence-electron chi connectivity index (χ0n) is 13.4. The van der Waals surface area contributed by atoms with Crippen LogP contribution in [-0.4, -0.2) is 20.3 Å². The minimum atomic E-state index is -0.849. The van der Waals surface area contributed by atoms with Gasteiger partial charge in [0.15, 0.2) is 17.1 Å². The summed E-state index contributed by atoms with van der Waals surface area (Å²) in [5.74, 6) is 1.16. The van der Waals surface area contributed by atoms with E-state index >= 15 is 0 Å². The number of amides is 1. The highest BCUT2D eigenvalue weighted by Gasteiger charge is 2.43. The molecule has 3 rings (SSSR count). The van der Waals surface area contributed by atoms with E-state index in [4.69, 9.17) is 14.2 Å².